The Hall–Kier alpha value is -1.88. The number of aryl methyl sites for hydroxylation is 1. The number of nitrogens with two attached hydrogens (primary N) is 1. The molecule has 0 spiro atoms. The van der Waals surface area contributed by atoms with Crippen LogP contribution in [0.3, 0.4) is 0 Å². The molecule has 1 aromatic heterocycles. The second kappa shape index (κ2) is 4.78. The van der Waals surface area contributed by atoms with Crippen molar-refractivity contribution < 1.29 is 4.79 Å². The summed E-state index contributed by atoms with van der Waals surface area (Å²) in [5.41, 5.74) is 9.05. The zero-order valence-corrected chi connectivity index (χ0v) is 11.4. The summed E-state index contributed by atoms with van der Waals surface area (Å²) in [6, 6.07) is 6.01. The molecule has 1 heterocycles. The number of hydrogen-bond donors (Lipinski definition) is 2. The fourth-order valence-electron chi connectivity index (χ4n) is 1.64. The minimum absolute atomic E-state index is 0.0565. The van der Waals surface area contributed by atoms with Crippen LogP contribution in [0.4, 0.5) is 16.6 Å². The molecule has 0 fully saturated rings. The molecule has 3 N–H and O–H groups in total. The number of aromatic nitrogens is 1. The van der Waals surface area contributed by atoms with Crippen LogP contribution in [0.5, 0.6) is 0 Å². The van der Waals surface area contributed by atoms with Crippen molar-refractivity contribution in [1.29, 1.82) is 0 Å². The number of nitrogens with zero attached hydrogens (tertiary/aromatic N) is 1. The van der Waals surface area contributed by atoms with Crippen LogP contribution in [-0.4, -0.2) is 10.8 Å². The lowest BCUT2D eigenvalue weighted by molar-refractivity contribution is 0.102. The van der Waals surface area contributed by atoms with Crippen LogP contribution < -0.4 is 11.1 Å². The average Bonchev–Trinajstić information content (AvgIpc) is 2.66. The number of Topliss-reactive ketones (excluding diaryl/α,β-unsaturated/α-hetero) is 1. The van der Waals surface area contributed by atoms with Gasteiger partial charge in [-0.3, -0.25) is 4.79 Å². The van der Waals surface area contributed by atoms with Gasteiger partial charge in [-0.05, 0) is 31.0 Å². The van der Waals surface area contributed by atoms with Crippen LogP contribution in [0.25, 0.3) is 0 Å². The molecule has 0 atom stereocenters. The Labute approximate surface area is 110 Å². The number of hydrogen-bond acceptors (Lipinski definition) is 5. The highest BCUT2D eigenvalue weighted by Gasteiger charge is 2.13. The minimum Gasteiger partial charge on any atom is -0.382 e. The van der Waals surface area contributed by atoms with E-state index >= 15 is 0 Å². The topological polar surface area (TPSA) is 68.0 Å². The molecule has 4 nitrogen and oxygen atoms in total. The summed E-state index contributed by atoms with van der Waals surface area (Å²) in [6.45, 7) is 5.59. The largest absolute Gasteiger partial charge is 0.382 e. The smallest absolute Gasteiger partial charge is 0.189 e. The molecule has 0 bridgehead atoms. The van der Waals surface area contributed by atoms with Gasteiger partial charge >= 0.3 is 0 Å². The third-order valence-electron chi connectivity index (χ3n) is 2.82. The molecule has 0 radical (unpaired) electrons. The van der Waals surface area contributed by atoms with E-state index in [0.717, 1.165) is 11.3 Å². The summed E-state index contributed by atoms with van der Waals surface area (Å²) in [4.78, 5) is 16.0. The van der Waals surface area contributed by atoms with Crippen LogP contribution in [0.15, 0.2) is 18.2 Å². The first-order valence-corrected chi connectivity index (χ1v) is 6.41. The molecule has 1 aromatic carbocycles. The Kier molecular flexibility index (Phi) is 3.34. The van der Waals surface area contributed by atoms with Crippen LogP contribution in [0, 0.1) is 13.8 Å². The van der Waals surface area contributed by atoms with Gasteiger partial charge in [0.1, 0.15) is 10.7 Å². The Morgan fingerprint density at radius 3 is 2.72 bits per heavy atom. The number of nitrogens with one attached hydrogen (secondary N) is 1. The lowest BCUT2D eigenvalue weighted by Gasteiger charge is -2.08. The Morgan fingerprint density at radius 2 is 2.11 bits per heavy atom. The molecule has 2 rings (SSSR count). The molecule has 0 unspecified atom stereocenters. The van der Waals surface area contributed by atoms with Gasteiger partial charge in [-0.15, -0.1) is 0 Å². The third-order valence-corrected chi connectivity index (χ3v) is 3.91. The van der Waals surface area contributed by atoms with Crippen molar-refractivity contribution >= 4 is 33.8 Å². The zero-order valence-electron chi connectivity index (χ0n) is 10.6. The van der Waals surface area contributed by atoms with Gasteiger partial charge in [0.15, 0.2) is 10.9 Å². The van der Waals surface area contributed by atoms with E-state index in [2.05, 4.69) is 23.3 Å². The molecule has 0 saturated heterocycles. The molecule has 0 aliphatic rings. The molecule has 18 heavy (non-hydrogen) atoms. The van der Waals surface area contributed by atoms with Crippen molar-refractivity contribution in [3.63, 3.8) is 0 Å². The maximum absolute atomic E-state index is 11.3. The van der Waals surface area contributed by atoms with E-state index in [1.165, 1.54) is 23.8 Å². The number of carbonyl (C=O) groups is 1. The summed E-state index contributed by atoms with van der Waals surface area (Å²) in [5.74, 6) is 0.235. The number of rotatable bonds is 3. The van der Waals surface area contributed by atoms with E-state index in [4.69, 9.17) is 5.73 Å². The lowest BCUT2D eigenvalue weighted by Crippen LogP contribution is -1.96. The molecule has 0 aliphatic heterocycles. The van der Waals surface area contributed by atoms with Gasteiger partial charge in [-0.2, -0.15) is 0 Å². The molecular formula is C13H15N3OS. The first-order chi connectivity index (χ1) is 8.49. The monoisotopic (exact) mass is 261 g/mol. The maximum Gasteiger partial charge on any atom is 0.189 e. The van der Waals surface area contributed by atoms with Crippen molar-refractivity contribution in [3.05, 3.63) is 34.2 Å². The Balaban J connectivity index is 2.32. The second-order valence-electron chi connectivity index (χ2n) is 4.16. The zero-order chi connectivity index (χ0) is 13.3. The highest BCUT2D eigenvalue weighted by Crippen LogP contribution is 2.29. The average molecular weight is 261 g/mol. The number of nitrogen functional groups attached to an aromatic ring is 1. The van der Waals surface area contributed by atoms with Crippen LogP contribution in [0.1, 0.15) is 27.7 Å². The van der Waals surface area contributed by atoms with E-state index in [1.807, 2.05) is 19.1 Å². The molecule has 5 heteroatoms. The number of carbonyl (C=O) groups excluding carboxylic acids is 1. The first kappa shape index (κ1) is 12.6. The van der Waals surface area contributed by atoms with E-state index < -0.39 is 0 Å². The van der Waals surface area contributed by atoms with Crippen molar-refractivity contribution in [2.24, 2.45) is 0 Å². The van der Waals surface area contributed by atoms with Gasteiger partial charge in [0.2, 0.25) is 0 Å². The molecule has 0 aliphatic carbocycles. The predicted molar refractivity (Wildman–Crippen MR) is 75.7 cm³/mol. The van der Waals surface area contributed by atoms with E-state index in [1.54, 1.807) is 0 Å². The van der Waals surface area contributed by atoms with Crippen molar-refractivity contribution in [2.75, 3.05) is 11.1 Å². The SMILES string of the molecule is CC(=O)c1sc(Nc2cccc(C)c2C)nc1N. The summed E-state index contributed by atoms with van der Waals surface area (Å²) in [6.07, 6.45) is 0. The standard InChI is InChI=1S/C13H15N3OS/c1-7-5-4-6-10(8(7)2)15-13-16-12(14)11(18-13)9(3)17/h4-6H,14H2,1-3H3,(H,15,16). The molecule has 94 valence electrons. The fourth-order valence-corrected chi connectivity index (χ4v) is 2.43. The molecular weight excluding hydrogens is 246 g/mol. The summed E-state index contributed by atoms with van der Waals surface area (Å²) in [5, 5.41) is 3.85. The number of thiazole rings is 1. The van der Waals surface area contributed by atoms with Crippen LogP contribution >= 0.6 is 11.3 Å². The summed E-state index contributed by atoms with van der Waals surface area (Å²) in [7, 11) is 0. The number of anilines is 3. The van der Waals surface area contributed by atoms with Gasteiger partial charge < -0.3 is 11.1 Å². The highest BCUT2D eigenvalue weighted by molar-refractivity contribution is 7.18. The number of benzene rings is 1. The quantitative estimate of drug-likeness (QED) is 0.832. The van der Waals surface area contributed by atoms with Crippen molar-refractivity contribution in [3.8, 4) is 0 Å². The predicted octanol–water partition coefficient (Wildman–Crippen LogP) is 3.29. The van der Waals surface area contributed by atoms with Crippen molar-refractivity contribution in [1.82, 2.24) is 4.98 Å². The number of ketones is 1. The second-order valence-corrected chi connectivity index (χ2v) is 5.16. The van der Waals surface area contributed by atoms with Gasteiger partial charge in [0, 0.05) is 12.6 Å². The molecule has 0 amide bonds. The van der Waals surface area contributed by atoms with E-state index in [9.17, 15) is 4.79 Å². The maximum atomic E-state index is 11.3. The van der Waals surface area contributed by atoms with Crippen LogP contribution in [-0.2, 0) is 0 Å². The first-order valence-electron chi connectivity index (χ1n) is 5.59. The minimum atomic E-state index is -0.0565. The normalized spacial score (nSPS) is 10.4. The lowest BCUT2D eigenvalue weighted by atomic mass is 10.1. The van der Waals surface area contributed by atoms with Gasteiger partial charge in [-0.1, -0.05) is 23.5 Å². The fraction of sp³-hybridized carbons (Fsp3) is 0.231. The Bertz CT molecular complexity index is 604. The van der Waals surface area contributed by atoms with Crippen molar-refractivity contribution in [2.45, 2.75) is 20.8 Å². The van der Waals surface area contributed by atoms with Gasteiger partial charge in [0.25, 0.3) is 0 Å². The summed E-state index contributed by atoms with van der Waals surface area (Å²) >= 11 is 1.28. The van der Waals surface area contributed by atoms with Gasteiger partial charge in [0.05, 0.1) is 0 Å². The molecule has 0 saturated carbocycles. The highest BCUT2D eigenvalue weighted by atomic mass is 32.1. The molecule has 2 aromatic rings. The summed E-state index contributed by atoms with van der Waals surface area (Å²) < 4.78 is 0. The van der Waals surface area contributed by atoms with E-state index in [0.29, 0.717) is 15.8 Å². The third kappa shape index (κ3) is 2.36. The Morgan fingerprint density at radius 1 is 1.39 bits per heavy atom. The van der Waals surface area contributed by atoms with Gasteiger partial charge in [-0.25, -0.2) is 4.98 Å². The van der Waals surface area contributed by atoms with E-state index in [-0.39, 0.29) is 5.78 Å². The van der Waals surface area contributed by atoms with Crippen LogP contribution in [0.2, 0.25) is 0 Å².